The molecule has 1 aromatic carbocycles. The van der Waals surface area contributed by atoms with E-state index >= 15 is 0 Å². The minimum Gasteiger partial charge on any atom is -0.380 e. The molecule has 1 unspecified atom stereocenters. The number of benzene rings is 1. The molecule has 0 saturated heterocycles. The first-order valence-corrected chi connectivity index (χ1v) is 6.03. The van der Waals surface area contributed by atoms with Crippen molar-refractivity contribution < 1.29 is 5.11 Å². The standard InChI is InChI=1S/C13H15ClN2O/c1-16-10-12(9-15-16)13(17,7-8-14)11-5-3-2-4-6-11/h2-6,9-10,17H,7-8H2,1H3. The fourth-order valence-corrected chi connectivity index (χ4v) is 2.21. The number of rotatable bonds is 4. The van der Waals surface area contributed by atoms with Crippen molar-refractivity contribution in [2.45, 2.75) is 12.0 Å². The maximum absolute atomic E-state index is 10.8. The van der Waals surface area contributed by atoms with Gasteiger partial charge in [0.2, 0.25) is 0 Å². The van der Waals surface area contributed by atoms with Crippen molar-refractivity contribution in [2.24, 2.45) is 7.05 Å². The van der Waals surface area contributed by atoms with Gasteiger partial charge in [0.1, 0.15) is 5.60 Å². The molecule has 17 heavy (non-hydrogen) atoms. The first kappa shape index (κ1) is 12.1. The van der Waals surface area contributed by atoms with Gasteiger partial charge in [0.15, 0.2) is 0 Å². The lowest BCUT2D eigenvalue weighted by atomic mass is 9.86. The molecule has 2 aromatic rings. The average Bonchev–Trinajstić information content (AvgIpc) is 2.78. The molecule has 1 aromatic heterocycles. The molecule has 90 valence electrons. The number of aryl methyl sites for hydroxylation is 1. The van der Waals surface area contributed by atoms with Crippen molar-refractivity contribution >= 4 is 11.6 Å². The maximum atomic E-state index is 10.8. The zero-order valence-corrected chi connectivity index (χ0v) is 10.4. The highest BCUT2D eigenvalue weighted by atomic mass is 35.5. The second kappa shape index (κ2) is 4.90. The molecule has 3 nitrogen and oxygen atoms in total. The van der Waals surface area contributed by atoms with Crippen molar-refractivity contribution in [3.63, 3.8) is 0 Å². The van der Waals surface area contributed by atoms with E-state index in [1.807, 2.05) is 43.6 Å². The first-order chi connectivity index (χ1) is 8.16. The molecule has 0 amide bonds. The lowest BCUT2D eigenvalue weighted by molar-refractivity contribution is 0.0774. The molecule has 0 radical (unpaired) electrons. The second-order valence-electron chi connectivity index (χ2n) is 4.07. The van der Waals surface area contributed by atoms with Crippen LogP contribution in [0.5, 0.6) is 0 Å². The molecule has 2 rings (SSSR count). The summed E-state index contributed by atoms with van der Waals surface area (Å²) in [6, 6.07) is 9.54. The Bertz CT molecular complexity index is 483. The van der Waals surface area contributed by atoms with Crippen LogP contribution in [0.2, 0.25) is 0 Å². The number of nitrogens with zero attached hydrogens (tertiary/aromatic N) is 2. The molecule has 0 aliphatic rings. The summed E-state index contributed by atoms with van der Waals surface area (Å²) in [4.78, 5) is 0. The molecule has 1 N–H and O–H groups in total. The highest BCUT2D eigenvalue weighted by Gasteiger charge is 2.31. The van der Waals surface area contributed by atoms with Crippen molar-refractivity contribution in [2.75, 3.05) is 5.88 Å². The normalized spacial score (nSPS) is 14.5. The molecular formula is C13H15ClN2O. The van der Waals surface area contributed by atoms with E-state index in [0.29, 0.717) is 12.3 Å². The SMILES string of the molecule is Cn1cc(C(O)(CCCl)c2ccccc2)cn1. The Morgan fingerprint density at radius 3 is 2.53 bits per heavy atom. The molecular weight excluding hydrogens is 236 g/mol. The first-order valence-electron chi connectivity index (χ1n) is 5.50. The van der Waals surface area contributed by atoms with Gasteiger partial charge in [-0.1, -0.05) is 30.3 Å². The van der Waals surface area contributed by atoms with Crippen LogP contribution in [0.1, 0.15) is 17.5 Å². The van der Waals surface area contributed by atoms with Crippen molar-refractivity contribution in [3.8, 4) is 0 Å². The fourth-order valence-electron chi connectivity index (χ4n) is 1.94. The highest BCUT2D eigenvalue weighted by Crippen LogP contribution is 2.32. The largest absolute Gasteiger partial charge is 0.380 e. The molecule has 1 heterocycles. The van der Waals surface area contributed by atoms with Crippen LogP contribution >= 0.6 is 11.6 Å². The Balaban J connectivity index is 2.46. The number of aromatic nitrogens is 2. The Labute approximate surface area is 106 Å². The van der Waals surface area contributed by atoms with Gasteiger partial charge in [-0.25, -0.2) is 0 Å². The Hall–Kier alpha value is -1.32. The summed E-state index contributed by atoms with van der Waals surface area (Å²) >= 11 is 5.81. The third-order valence-electron chi connectivity index (χ3n) is 2.89. The van der Waals surface area contributed by atoms with Gasteiger partial charge in [-0.3, -0.25) is 4.68 Å². The summed E-state index contributed by atoms with van der Waals surface area (Å²) in [5.74, 6) is 0.389. The Morgan fingerprint density at radius 2 is 2.00 bits per heavy atom. The van der Waals surface area contributed by atoms with Crippen LogP contribution in [-0.4, -0.2) is 20.8 Å². The minimum absolute atomic E-state index is 0.389. The maximum Gasteiger partial charge on any atom is 0.119 e. The summed E-state index contributed by atoms with van der Waals surface area (Å²) in [7, 11) is 1.83. The van der Waals surface area contributed by atoms with E-state index in [4.69, 9.17) is 11.6 Å². The molecule has 1 atom stereocenters. The zero-order valence-electron chi connectivity index (χ0n) is 9.68. The van der Waals surface area contributed by atoms with Crippen molar-refractivity contribution in [3.05, 3.63) is 53.9 Å². The average molecular weight is 251 g/mol. The topological polar surface area (TPSA) is 38.0 Å². The second-order valence-corrected chi connectivity index (χ2v) is 4.45. The van der Waals surface area contributed by atoms with Crippen LogP contribution in [0.25, 0.3) is 0 Å². The predicted molar refractivity (Wildman–Crippen MR) is 68.0 cm³/mol. The van der Waals surface area contributed by atoms with Gasteiger partial charge in [-0.2, -0.15) is 5.10 Å². The van der Waals surface area contributed by atoms with Gasteiger partial charge in [0.05, 0.1) is 6.20 Å². The summed E-state index contributed by atoms with van der Waals surface area (Å²) in [5, 5.41) is 14.9. The number of aliphatic hydroxyl groups is 1. The lowest BCUT2D eigenvalue weighted by Crippen LogP contribution is -2.27. The smallest absolute Gasteiger partial charge is 0.119 e. The van der Waals surface area contributed by atoms with E-state index in [-0.39, 0.29) is 0 Å². The Morgan fingerprint density at radius 1 is 1.29 bits per heavy atom. The van der Waals surface area contributed by atoms with Crippen LogP contribution in [0, 0.1) is 0 Å². The molecule has 0 saturated carbocycles. The van der Waals surface area contributed by atoms with Gasteiger partial charge >= 0.3 is 0 Å². The van der Waals surface area contributed by atoms with Crippen LogP contribution in [0.15, 0.2) is 42.7 Å². The van der Waals surface area contributed by atoms with E-state index in [1.165, 1.54) is 0 Å². The molecule has 0 fully saturated rings. The number of hydrogen-bond donors (Lipinski definition) is 1. The van der Waals surface area contributed by atoms with Gasteiger partial charge < -0.3 is 5.11 Å². The minimum atomic E-state index is -1.06. The molecule has 0 spiro atoms. The van der Waals surface area contributed by atoms with E-state index in [2.05, 4.69) is 5.10 Å². The summed E-state index contributed by atoms with van der Waals surface area (Å²) in [6.45, 7) is 0. The summed E-state index contributed by atoms with van der Waals surface area (Å²) < 4.78 is 1.68. The number of hydrogen-bond acceptors (Lipinski definition) is 2. The van der Waals surface area contributed by atoms with Crippen LogP contribution in [0.4, 0.5) is 0 Å². The van der Waals surface area contributed by atoms with Crippen LogP contribution in [0.3, 0.4) is 0 Å². The van der Waals surface area contributed by atoms with E-state index in [9.17, 15) is 5.11 Å². The van der Waals surface area contributed by atoms with Crippen molar-refractivity contribution in [1.82, 2.24) is 9.78 Å². The van der Waals surface area contributed by atoms with Gasteiger partial charge in [0.25, 0.3) is 0 Å². The predicted octanol–water partition coefficient (Wildman–Crippen LogP) is 2.28. The molecule has 0 aliphatic carbocycles. The van der Waals surface area contributed by atoms with Gasteiger partial charge in [-0.05, 0) is 12.0 Å². The quantitative estimate of drug-likeness (QED) is 0.846. The van der Waals surface area contributed by atoms with Crippen LogP contribution in [-0.2, 0) is 12.6 Å². The molecule has 0 aliphatic heterocycles. The summed E-state index contributed by atoms with van der Waals surface area (Å²) in [6.07, 6.45) is 3.96. The monoisotopic (exact) mass is 250 g/mol. The fraction of sp³-hybridized carbons (Fsp3) is 0.308. The lowest BCUT2D eigenvalue weighted by Gasteiger charge is -2.26. The molecule has 0 bridgehead atoms. The number of halogens is 1. The van der Waals surface area contributed by atoms with Gasteiger partial charge in [-0.15, -0.1) is 11.6 Å². The third kappa shape index (κ3) is 2.35. The van der Waals surface area contributed by atoms with Gasteiger partial charge in [0, 0.05) is 24.7 Å². The highest BCUT2D eigenvalue weighted by molar-refractivity contribution is 6.17. The zero-order chi connectivity index (χ0) is 12.3. The molecule has 4 heteroatoms. The van der Waals surface area contributed by atoms with E-state index in [1.54, 1.807) is 10.9 Å². The third-order valence-corrected chi connectivity index (χ3v) is 3.08. The number of alkyl halides is 1. The van der Waals surface area contributed by atoms with E-state index in [0.717, 1.165) is 11.1 Å². The van der Waals surface area contributed by atoms with Crippen LogP contribution < -0.4 is 0 Å². The Kier molecular flexibility index (Phi) is 3.50. The summed E-state index contributed by atoms with van der Waals surface area (Å²) in [5.41, 5.74) is 0.553. The van der Waals surface area contributed by atoms with Crippen molar-refractivity contribution in [1.29, 1.82) is 0 Å². The van der Waals surface area contributed by atoms with E-state index < -0.39 is 5.60 Å².